The number of piperazine rings is 1. The highest BCUT2D eigenvalue weighted by atomic mass is 35.5. The molecule has 2 heterocycles. The van der Waals surface area contributed by atoms with Gasteiger partial charge in [-0.25, -0.2) is 0 Å². The van der Waals surface area contributed by atoms with Gasteiger partial charge in [-0.15, -0.1) is 0 Å². The van der Waals surface area contributed by atoms with Crippen LogP contribution in [0.3, 0.4) is 0 Å². The van der Waals surface area contributed by atoms with Crippen molar-refractivity contribution in [1.82, 2.24) is 9.88 Å². The Kier molecular flexibility index (Phi) is 7.25. The third-order valence-electron chi connectivity index (χ3n) is 7.13. The zero-order chi connectivity index (χ0) is 26.9. The average molecular weight is 542 g/mol. The van der Waals surface area contributed by atoms with E-state index in [1.165, 1.54) is 6.07 Å². The van der Waals surface area contributed by atoms with Crippen LogP contribution in [0.2, 0.25) is 5.02 Å². The molecule has 1 amide bonds. The molecule has 5 rings (SSSR count). The highest BCUT2D eigenvalue weighted by Crippen LogP contribution is 2.40. The number of amides is 1. The van der Waals surface area contributed by atoms with Crippen LogP contribution in [-0.4, -0.2) is 49.1 Å². The number of para-hydroxylation sites is 3. The molecular formula is C29H27ClF3N3O2. The van der Waals surface area contributed by atoms with E-state index in [1.54, 1.807) is 24.3 Å². The summed E-state index contributed by atoms with van der Waals surface area (Å²) in [6.45, 7) is 2.27. The van der Waals surface area contributed by atoms with Gasteiger partial charge in [0, 0.05) is 55.6 Å². The van der Waals surface area contributed by atoms with Crippen LogP contribution in [0.4, 0.5) is 18.9 Å². The zero-order valence-corrected chi connectivity index (χ0v) is 21.5. The predicted octanol–water partition coefficient (Wildman–Crippen LogP) is 6.72. The molecule has 1 N–H and O–H groups in total. The van der Waals surface area contributed by atoms with Gasteiger partial charge in [-0.05, 0) is 41.5 Å². The lowest BCUT2D eigenvalue weighted by atomic mass is 9.87. The number of benzene rings is 3. The van der Waals surface area contributed by atoms with Crippen molar-refractivity contribution in [2.75, 3.05) is 38.2 Å². The number of nitrogens with zero attached hydrogens (tertiary/aromatic N) is 2. The van der Waals surface area contributed by atoms with E-state index in [-0.39, 0.29) is 17.4 Å². The molecule has 1 aliphatic heterocycles. The van der Waals surface area contributed by atoms with Gasteiger partial charge in [0.05, 0.1) is 23.4 Å². The quantitative estimate of drug-likeness (QED) is 0.295. The number of anilines is 1. The Labute approximate surface area is 223 Å². The Balaban J connectivity index is 1.41. The Morgan fingerprint density at radius 3 is 2.47 bits per heavy atom. The van der Waals surface area contributed by atoms with E-state index in [9.17, 15) is 18.0 Å². The number of hydrogen-bond acceptors (Lipinski definition) is 3. The lowest BCUT2D eigenvalue weighted by Gasteiger charge is -2.37. The third kappa shape index (κ3) is 5.18. The first kappa shape index (κ1) is 26.0. The molecule has 0 aliphatic carbocycles. The number of halogens is 4. The fourth-order valence-corrected chi connectivity index (χ4v) is 5.38. The molecular weight excluding hydrogens is 515 g/mol. The summed E-state index contributed by atoms with van der Waals surface area (Å²) < 4.78 is 46.6. The highest BCUT2D eigenvalue weighted by Gasteiger charge is 2.35. The number of alkyl halides is 3. The second kappa shape index (κ2) is 10.6. The molecule has 0 bridgehead atoms. The lowest BCUT2D eigenvalue weighted by molar-refractivity contribution is -0.137. The number of aromatic nitrogens is 1. The summed E-state index contributed by atoms with van der Waals surface area (Å²) in [5, 5.41) is 0.507. The smallest absolute Gasteiger partial charge is 0.417 e. The molecule has 38 heavy (non-hydrogen) atoms. The standard InChI is InChI=1S/C29H27ClF3N3O2/c1-38-27-9-5-4-8-26(27)35-12-14-36(15-13-35)28(37)17-21(22-18-34-25-7-3-2-6-20(22)25)19-10-11-24(30)23(16-19)29(31,32)33/h2-11,16,18,21,34H,12-15,17H2,1H3. The SMILES string of the molecule is COc1ccccc1N1CCN(C(=O)CC(c2ccc(Cl)c(C(F)(F)F)c2)c2c[nH]c3ccccc23)CC1. The first-order valence-corrected chi connectivity index (χ1v) is 12.7. The summed E-state index contributed by atoms with van der Waals surface area (Å²) in [4.78, 5) is 20.7. The van der Waals surface area contributed by atoms with Crippen molar-refractivity contribution in [1.29, 1.82) is 0 Å². The van der Waals surface area contributed by atoms with Gasteiger partial charge in [0.1, 0.15) is 5.75 Å². The minimum Gasteiger partial charge on any atom is -0.495 e. The Bertz CT molecular complexity index is 1440. The monoisotopic (exact) mass is 541 g/mol. The van der Waals surface area contributed by atoms with E-state index in [2.05, 4.69) is 9.88 Å². The maximum absolute atomic E-state index is 13.7. The topological polar surface area (TPSA) is 48.6 Å². The molecule has 9 heteroatoms. The van der Waals surface area contributed by atoms with E-state index >= 15 is 0 Å². The number of fused-ring (bicyclic) bond motifs is 1. The van der Waals surface area contributed by atoms with Crippen molar-refractivity contribution in [3.63, 3.8) is 0 Å². The molecule has 1 aromatic heterocycles. The van der Waals surface area contributed by atoms with Gasteiger partial charge in [-0.2, -0.15) is 13.2 Å². The number of carbonyl (C=O) groups excluding carboxylic acids is 1. The molecule has 4 aromatic rings. The largest absolute Gasteiger partial charge is 0.495 e. The van der Waals surface area contributed by atoms with Crippen LogP contribution in [-0.2, 0) is 11.0 Å². The molecule has 1 unspecified atom stereocenters. The molecule has 3 aromatic carbocycles. The Morgan fingerprint density at radius 2 is 1.74 bits per heavy atom. The van der Waals surface area contributed by atoms with Gasteiger partial charge in [0.2, 0.25) is 5.91 Å². The van der Waals surface area contributed by atoms with Crippen molar-refractivity contribution in [2.24, 2.45) is 0 Å². The Morgan fingerprint density at radius 1 is 1.03 bits per heavy atom. The number of carbonyl (C=O) groups is 1. The normalized spacial score (nSPS) is 15.1. The first-order chi connectivity index (χ1) is 18.3. The van der Waals surface area contributed by atoms with E-state index in [1.807, 2.05) is 48.5 Å². The summed E-state index contributed by atoms with van der Waals surface area (Å²) in [5.74, 6) is 0.0858. The zero-order valence-electron chi connectivity index (χ0n) is 20.8. The van der Waals surface area contributed by atoms with Crippen LogP contribution < -0.4 is 9.64 Å². The summed E-state index contributed by atoms with van der Waals surface area (Å²) in [6.07, 6.45) is -2.78. The number of ether oxygens (including phenoxy) is 1. The molecule has 0 spiro atoms. The molecule has 5 nitrogen and oxygen atoms in total. The van der Waals surface area contributed by atoms with Crippen LogP contribution in [0.1, 0.15) is 29.0 Å². The van der Waals surface area contributed by atoms with E-state index in [4.69, 9.17) is 16.3 Å². The molecule has 198 valence electrons. The van der Waals surface area contributed by atoms with Crippen molar-refractivity contribution < 1.29 is 22.7 Å². The average Bonchev–Trinajstić information content (AvgIpc) is 3.35. The molecule has 0 radical (unpaired) electrons. The van der Waals surface area contributed by atoms with Crippen LogP contribution in [0, 0.1) is 0 Å². The number of nitrogens with one attached hydrogen (secondary N) is 1. The van der Waals surface area contributed by atoms with Crippen LogP contribution in [0.25, 0.3) is 10.9 Å². The molecule has 0 saturated carbocycles. The maximum atomic E-state index is 13.7. The Hall–Kier alpha value is -3.65. The summed E-state index contributed by atoms with van der Waals surface area (Å²) >= 11 is 5.90. The van der Waals surface area contributed by atoms with Crippen molar-refractivity contribution in [3.05, 3.63) is 94.6 Å². The van der Waals surface area contributed by atoms with Crippen LogP contribution in [0.5, 0.6) is 5.75 Å². The fraction of sp³-hybridized carbons (Fsp3) is 0.276. The number of aromatic amines is 1. The number of rotatable bonds is 6. The van der Waals surface area contributed by atoms with Gasteiger partial charge in [-0.1, -0.05) is 48.0 Å². The molecule has 1 atom stereocenters. The summed E-state index contributed by atoms with van der Waals surface area (Å²) in [6, 6.07) is 19.2. The fourth-order valence-electron chi connectivity index (χ4n) is 5.16. The van der Waals surface area contributed by atoms with Gasteiger partial charge < -0.3 is 19.5 Å². The second-order valence-corrected chi connectivity index (χ2v) is 9.73. The number of H-pyrrole nitrogens is 1. The first-order valence-electron chi connectivity index (χ1n) is 12.3. The van der Waals surface area contributed by atoms with Gasteiger partial charge in [-0.3, -0.25) is 4.79 Å². The minimum atomic E-state index is -4.60. The van der Waals surface area contributed by atoms with Gasteiger partial charge in [0.15, 0.2) is 0 Å². The lowest BCUT2D eigenvalue weighted by Crippen LogP contribution is -2.49. The van der Waals surface area contributed by atoms with Crippen LogP contribution >= 0.6 is 11.6 Å². The van der Waals surface area contributed by atoms with E-state index < -0.39 is 17.7 Å². The highest BCUT2D eigenvalue weighted by molar-refractivity contribution is 6.31. The maximum Gasteiger partial charge on any atom is 0.417 e. The molecule has 1 saturated heterocycles. The molecule has 1 aliphatic rings. The van der Waals surface area contributed by atoms with E-state index in [0.29, 0.717) is 31.7 Å². The van der Waals surface area contributed by atoms with Gasteiger partial charge >= 0.3 is 6.18 Å². The number of methoxy groups -OCH3 is 1. The second-order valence-electron chi connectivity index (χ2n) is 9.32. The third-order valence-corrected chi connectivity index (χ3v) is 7.46. The van der Waals surface area contributed by atoms with Crippen molar-refractivity contribution in [2.45, 2.75) is 18.5 Å². The van der Waals surface area contributed by atoms with Crippen molar-refractivity contribution in [3.8, 4) is 5.75 Å². The molecule has 1 fully saturated rings. The van der Waals surface area contributed by atoms with Crippen molar-refractivity contribution >= 4 is 34.1 Å². The summed E-state index contributed by atoms with van der Waals surface area (Å²) in [7, 11) is 1.63. The number of hydrogen-bond donors (Lipinski definition) is 1. The van der Waals surface area contributed by atoms with Gasteiger partial charge in [0.25, 0.3) is 0 Å². The van der Waals surface area contributed by atoms with E-state index in [0.717, 1.165) is 34.0 Å². The van der Waals surface area contributed by atoms with Crippen LogP contribution in [0.15, 0.2) is 72.9 Å². The summed E-state index contributed by atoms with van der Waals surface area (Å²) in [5.41, 5.74) is 2.10. The minimum absolute atomic E-state index is 0.0371. The predicted molar refractivity (Wildman–Crippen MR) is 143 cm³/mol.